The summed E-state index contributed by atoms with van der Waals surface area (Å²) in [7, 11) is 1.00. The molecular weight excluding hydrogens is 228 g/mol. The van der Waals surface area contributed by atoms with E-state index in [2.05, 4.69) is 5.32 Å². The van der Waals surface area contributed by atoms with Crippen molar-refractivity contribution in [3.05, 3.63) is 35.9 Å². The predicted molar refractivity (Wildman–Crippen MR) is 74.7 cm³/mol. The van der Waals surface area contributed by atoms with Crippen LogP contribution in [0.25, 0.3) is 0 Å². The van der Waals surface area contributed by atoms with Crippen molar-refractivity contribution < 1.29 is 9.90 Å². The lowest BCUT2D eigenvalue weighted by molar-refractivity contribution is 0.0736. The lowest BCUT2D eigenvalue weighted by Gasteiger charge is -2.27. The number of piperazine rings is 1. The maximum absolute atomic E-state index is 11.9. The van der Waals surface area contributed by atoms with Gasteiger partial charge in [-0.3, -0.25) is 4.79 Å². The first-order chi connectivity index (χ1) is 8.88. The second-order valence-corrected chi connectivity index (χ2v) is 3.41. The zero-order valence-electron chi connectivity index (χ0n) is 11.5. The normalized spacial score (nSPS) is 13.7. The molecule has 0 unspecified atom stereocenters. The molecule has 1 aromatic rings. The van der Waals surface area contributed by atoms with Crippen molar-refractivity contribution >= 4 is 5.91 Å². The summed E-state index contributed by atoms with van der Waals surface area (Å²) < 4.78 is 0. The molecule has 1 amide bonds. The van der Waals surface area contributed by atoms with E-state index in [0.29, 0.717) is 0 Å². The summed E-state index contributed by atoms with van der Waals surface area (Å²) in [4.78, 5) is 13.8. The van der Waals surface area contributed by atoms with E-state index in [9.17, 15) is 4.79 Å². The summed E-state index contributed by atoms with van der Waals surface area (Å²) in [5, 5.41) is 10.2. The molecule has 1 heterocycles. The topological polar surface area (TPSA) is 52.6 Å². The highest BCUT2D eigenvalue weighted by atomic mass is 16.2. The zero-order valence-corrected chi connectivity index (χ0v) is 11.5. The second-order valence-electron chi connectivity index (χ2n) is 3.41. The highest BCUT2D eigenvalue weighted by Crippen LogP contribution is 2.05. The van der Waals surface area contributed by atoms with Gasteiger partial charge in [0.25, 0.3) is 5.91 Å². The fourth-order valence-corrected chi connectivity index (χ4v) is 1.63. The minimum absolute atomic E-state index is 0.145. The largest absolute Gasteiger partial charge is 0.400 e. The fourth-order valence-electron chi connectivity index (χ4n) is 1.63. The number of hydrogen-bond donors (Lipinski definition) is 2. The van der Waals surface area contributed by atoms with Crippen molar-refractivity contribution in [2.75, 3.05) is 33.3 Å². The van der Waals surface area contributed by atoms with E-state index in [1.807, 2.05) is 49.1 Å². The number of nitrogens with one attached hydrogen (secondary N) is 1. The van der Waals surface area contributed by atoms with Gasteiger partial charge in [-0.15, -0.1) is 0 Å². The van der Waals surface area contributed by atoms with Crippen LogP contribution in [0, 0.1) is 0 Å². The van der Waals surface area contributed by atoms with Crippen LogP contribution in [-0.4, -0.2) is 49.2 Å². The van der Waals surface area contributed by atoms with E-state index < -0.39 is 0 Å². The Kier molecular flexibility index (Phi) is 9.91. The summed E-state index contributed by atoms with van der Waals surface area (Å²) in [6.07, 6.45) is 0. The summed E-state index contributed by atoms with van der Waals surface area (Å²) >= 11 is 0. The molecule has 0 spiro atoms. The smallest absolute Gasteiger partial charge is 0.253 e. The van der Waals surface area contributed by atoms with Gasteiger partial charge in [0.1, 0.15) is 0 Å². The average molecular weight is 252 g/mol. The standard InChI is InChI=1S/C11H14N2O.C2H6.CH4O/c14-11(10-4-2-1-3-5-10)13-8-6-12-7-9-13;2*1-2/h1-5,12H,6-9H2;1-2H3;2H,1H3. The Morgan fingerprint density at radius 3 is 2.11 bits per heavy atom. The van der Waals surface area contributed by atoms with Gasteiger partial charge in [-0.25, -0.2) is 0 Å². The third-order valence-corrected chi connectivity index (χ3v) is 2.42. The maximum Gasteiger partial charge on any atom is 0.253 e. The van der Waals surface area contributed by atoms with Gasteiger partial charge >= 0.3 is 0 Å². The van der Waals surface area contributed by atoms with Crippen LogP contribution in [0.1, 0.15) is 24.2 Å². The van der Waals surface area contributed by atoms with Crippen LogP contribution in [0.2, 0.25) is 0 Å². The predicted octanol–water partition coefficient (Wildman–Crippen LogP) is 1.37. The molecule has 0 aromatic heterocycles. The molecule has 2 N–H and O–H groups in total. The Morgan fingerprint density at radius 1 is 1.11 bits per heavy atom. The minimum Gasteiger partial charge on any atom is -0.400 e. The van der Waals surface area contributed by atoms with Gasteiger partial charge < -0.3 is 15.3 Å². The van der Waals surface area contributed by atoms with Crippen LogP contribution in [-0.2, 0) is 0 Å². The van der Waals surface area contributed by atoms with E-state index in [1.54, 1.807) is 0 Å². The Balaban J connectivity index is 0.000000659. The van der Waals surface area contributed by atoms with E-state index in [0.717, 1.165) is 38.9 Å². The van der Waals surface area contributed by atoms with Crippen LogP contribution in [0.3, 0.4) is 0 Å². The SMILES string of the molecule is CC.CO.O=C(c1ccccc1)N1CCNCC1. The van der Waals surface area contributed by atoms with Crippen LogP contribution in [0.4, 0.5) is 0 Å². The molecule has 0 atom stereocenters. The molecule has 4 heteroatoms. The van der Waals surface area contributed by atoms with Crippen LogP contribution >= 0.6 is 0 Å². The Bertz CT molecular complexity index is 309. The molecule has 4 nitrogen and oxygen atoms in total. The molecule has 1 aliphatic rings. The van der Waals surface area contributed by atoms with Gasteiger partial charge in [0.15, 0.2) is 0 Å². The third-order valence-electron chi connectivity index (χ3n) is 2.42. The highest BCUT2D eigenvalue weighted by molar-refractivity contribution is 5.94. The minimum atomic E-state index is 0.145. The van der Waals surface area contributed by atoms with Gasteiger partial charge in [-0.2, -0.15) is 0 Å². The molecule has 0 radical (unpaired) electrons. The zero-order chi connectivity index (χ0) is 13.8. The molecule has 1 aliphatic heterocycles. The van der Waals surface area contributed by atoms with Crippen molar-refractivity contribution in [3.63, 3.8) is 0 Å². The number of benzene rings is 1. The van der Waals surface area contributed by atoms with Gasteiger partial charge in [-0.1, -0.05) is 32.0 Å². The number of carbonyl (C=O) groups excluding carboxylic acids is 1. The highest BCUT2D eigenvalue weighted by Gasteiger charge is 2.16. The van der Waals surface area contributed by atoms with Crippen LogP contribution in [0.15, 0.2) is 30.3 Å². The molecule has 18 heavy (non-hydrogen) atoms. The second kappa shape index (κ2) is 10.7. The quantitative estimate of drug-likeness (QED) is 0.793. The number of hydrogen-bond acceptors (Lipinski definition) is 3. The number of aliphatic hydroxyl groups excluding tert-OH is 1. The summed E-state index contributed by atoms with van der Waals surface area (Å²) in [5.41, 5.74) is 0.786. The molecule has 102 valence electrons. The molecule has 1 saturated heterocycles. The average Bonchev–Trinajstić information content (AvgIpc) is 2.52. The van der Waals surface area contributed by atoms with E-state index in [1.165, 1.54) is 0 Å². The van der Waals surface area contributed by atoms with Gasteiger partial charge in [-0.05, 0) is 12.1 Å². The molecule has 0 saturated carbocycles. The van der Waals surface area contributed by atoms with Crippen molar-refractivity contribution in [1.82, 2.24) is 10.2 Å². The summed E-state index contributed by atoms with van der Waals surface area (Å²) in [6.45, 7) is 7.43. The Morgan fingerprint density at radius 2 is 1.61 bits per heavy atom. The molecular formula is C14H24N2O2. The Hall–Kier alpha value is -1.39. The monoisotopic (exact) mass is 252 g/mol. The number of amides is 1. The van der Waals surface area contributed by atoms with Crippen molar-refractivity contribution in [3.8, 4) is 0 Å². The molecule has 0 aliphatic carbocycles. The lowest BCUT2D eigenvalue weighted by atomic mass is 10.2. The van der Waals surface area contributed by atoms with Crippen molar-refractivity contribution in [2.45, 2.75) is 13.8 Å². The van der Waals surface area contributed by atoms with Crippen LogP contribution < -0.4 is 5.32 Å². The third kappa shape index (κ3) is 5.29. The molecule has 2 rings (SSSR count). The van der Waals surface area contributed by atoms with Gasteiger partial charge in [0, 0.05) is 38.9 Å². The first-order valence-corrected chi connectivity index (χ1v) is 6.38. The molecule has 0 bridgehead atoms. The molecule has 1 fully saturated rings. The lowest BCUT2D eigenvalue weighted by Crippen LogP contribution is -2.46. The number of carbonyl (C=O) groups is 1. The van der Waals surface area contributed by atoms with Gasteiger partial charge in [0.2, 0.25) is 0 Å². The number of rotatable bonds is 1. The van der Waals surface area contributed by atoms with Gasteiger partial charge in [0.05, 0.1) is 0 Å². The molecule has 1 aromatic carbocycles. The summed E-state index contributed by atoms with van der Waals surface area (Å²) in [6, 6.07) is 9.45. The van der Waals surface area contributed by atoms with Crippen molar-refractivity contribution in [1.29, 1.82) is 0 Å². The van der Waals surface area contributed by atoms with E-state index in [4.69, 9.17) is 5.11 Å². The maximum atomic E-state index is 11.9. The first-order valence-electron chi connectivity index (χ1n) is 6.38. The van der Waals surface area contributed by atoms with Crippen molar-refractivity contribution in [2.24, 2.45) is 0 Å². The number of aliphatic hydroxyl groups is 1. The first kappa shape index (κ1) is 16.6. The van der Waals surface area contributed by atoms with E-state index >= 15 is 0 Å². The number of nitrogens with zero attached hydrogens (tertiary/aromatic N) is 1. The summed E-state index contributed by atoms with van der Waals surface area (Å²) in [5.74, 6) is 0.145. The Labute approximate surface area is 110 Å². The fraction of sp³-hybridized carbons (Fsp3) is 0.500. The van der Waals surface area contributed by atoms with Crippen LogP contribution in [0.5, 0.6) is 0 Å². The van der Waals surface area contributed by atoms with E-state index in [-0.39, 0.29) is 5.91 Å².